The molecule has 0 N–H and O–H groups in total. The average Bonchev–Trinajstić information content (AvgIpc) is 3.73. The van der Waals surface area contributed by atoms with Gasteiger partial charge in [0, 0.05) is 63.9 Å². The van der Waals surface area contributed by atoms with E-state index in [-0.39, 0.29) is 0 Å². The van der Waals surface area contributed by atoms with Crippen molar-refractivity contribution >= 4 is 85.9 Å². The lowest BCUT2D eigenvalue weighted by atomic mass is 9.99. The Hall–Kier alpha value is -5.38. The third kappa shape index (κ3) is 3.07. The summed E-state index contributed by atoms with van der Waals surface area (Å²) in [5, 5.41) is 10.4. The van der Waals surface area contributed by atoms with Gasteiger partial charge in [0.2, 0.25) is 0 Å². The summed E-state index contributed by atoms with van der Waals surface area (Å²) in [5.41, 5.74) is 7.36. The number of rotatable bonds is 2. The van der Waals surface area contributed by atoms with Crippen molar-refractivity contribution in [3.05, 3.63) is 146 Å². The molecule has 0 unspecified atom stereocenters. The first-order chi connectivity index (χ1) is 21.4. The maximum Gasteiger partial charge on any atom is 0.0627 e. The van der Waals surface area contributed by atoms with Crippen molar-refractivity contribution in [2.75, 3.05) is 0 Å². The molecule has 0 aliphatic heterocycles. The zero-order chi connectivity index (χ0) is 28.1. The zero-order valence-corrected chi connectivity index (χ0v) is 24.0. The molecule has 43 heavy (non-hydrogen) atoms. The molecule has 0 aliphatic carbocycles. The van der Waals surface area contributed by atoms with Crippen molar-refractivity contribution in [2.24, 2.45) is 0 Å². The molecule has 0 radical (unpaired) electrons. The molecule has 0 amide bonds. The minimum atomic E-state index is 1.18. The molecule has 3 heteroatoms. The number of thiophene rings is 1. The Labute approximate surface area is 251 Å². The van der Waals surface area contributed by atoms with Crippen LogP contribution in [0.4, 0.5) is 0 Å². The smallest absolute Gasteiger partial charge is 0.0627 e. The molecule has 0 saturated heterocycles. The van der Waals surface area contributed by atoms with Crippen LogP contribution in [0.5, 0.6) is 0 Å². The zero-order valence-electron chi connectivity index (χ0n) is 23.2. The van der Waals surface area contributed by atoms with Crippen molar-refractivity contribution in [3.8, 4) is 11.4 Å². The van der Waals surface area contributed by atoms with E-state index in [9.17, 15) is 0 Å². The fourth-order valence-electron chi connectivity index (χ4n) is 7.36. The Kier molecular flexibility index (Phi) is 4.63. The predicted molar refractivity (Wildman–Crippen MR) is 186 cm³/mol. The van der Waals surface area contributed by atoms with E-state index in [1.807, 2.05) is 11.3 Å². The van der Waals surface area contributed by atoms with Crippen LogP contribution in [0, 0.1) is 0 Å². The van der Waals surface area contributed by atoms with Crippen molar-refractivity contribution in [3.63, 3.8) is 0 Å². The molecule has 3 aromatic heterocycles. The minimum absolute atomic E-state index is 1.18. The first kappa shape index (κ1) is 23.2. The highest BCUT2D eigenvalue weighted by Crippen LogP contribution is 2.47. The number of hydrogen-bond acceptors (Lipinski definition) is 1. The van der Waals surface area contributed by atoms with Crippen molar-refractivity contribution in [1.29, 1.82) is 0 Å². The molecule has 0 fully saturated rings. The van der Waals surface area contributed by atoms with Gasteiger partial charge < -0.3 is 9.13 Å². The van der Waals surface area contributed by atoms with Gasteiger partial charge in [0.1, 0.15) is 0 Å². The first-order valence-electron chi connectivity index (χ1n) is 14.7. The summed E-state index contributed by atoms with van der Waals surface area (Å²) < 4.78 is 7.61. The van der Waals surface area contributed by atoms with Crippen LogP contribution in [0.1, 0.15) is 0 Å². The van der Waals surface area contributed by atoms with E-state index >= 15 is 0 Å². The second-order valence-corrected chi connectivity index (χ2v) is 12.4. The topological polar surface area (TPSA) is 9.86 Å². The van der Waals surface area contributed by atoms with Gasteiger partial charge in [-0.2, -0.15) is 0 Å². The van der Waals surface area contributed by atoms with E-state index in [0.717, 1.165) is 0 Å². The molecule has 2 nitrogen and oxygen atoms in total. The number of nitrogens with zero attached hydrogens (tertiary/aromatic N) is 2. The Balaban J connectivity index is 1.45. The van der Waals surface area contributed by atoms with Crippen LogP contribution >= 0.6 is 11.3 Å². The highest BCUT2D eigenvalue weighted by Gasteiger charge is 2.24. The monoisotopic (exact) mass is 564 g/mol. The third-order valence-corrected chi connectivity index (χ3v) is 10.2. The van der Waals surface area contributed by atoms with Gasteiger partial charge in [0.05, 0.1) is 22.1 Å². The molecule has 10 rings (SSSR count). The van der Waals surface area contributed by atoms with Gasteiger partial charge in [-0.1, -0.05) is 103 Å². The van der Waals surface area contributed by atoms with E-state index in [2.05, 4.69) is 155 Å². The SMILES string of the molecule is c1ccc(-n2c3ccccc3c3c4c5ccccc5n(-c5ccc6c(c5)sc5ccccc56)c4c4ccccc4c32)cc1. The standard InChI is InChI=1S/C40H24N2S/c1-2-12-25(13-3-1)41-33-19-9-6-17-31(33)37-38-32-18-7-10-20-34(32)42(40(38)30-16-5-4-15-29(30)39(37)41)26-22-23-28-27-14-8-11-21-35(27)43-36(28)24-26/h1-24H. The number of aromatic nitrogens is 2. The number of benzene rings is 7. The molecule has 0 atom stereocenters. The molecular weight excluding hydrogens is 541 g/mol. The number of para-hydroxylation sites is 3. The van der Waals surface area contributed by atoms with Crippen molar-refractivity contribution in [2.45, 2.75) is 0 Å². The second-order valence-electron chi connectivity index (χ2n) is 11.3. The molecule has 0 spiro atoms. The summed E-state index contributed by atoms with van der Waals surface area (Å²) >= 11 is 1.88. The minimum Gasteiger partial charge on any atom is -0.309 e. The predicted octanol–water partition coefficient (Wildman–Crippen LogP) is 11.4. The van der Waals surface area contributed by atoms with Crippen molar-refractivity contribution < 1.29 is 0 Å². The third-order valence-electron chi connectivity index (χ3n) is 9.07. The summed E-state index contributed by atoms with van der Waals surface area (Å²) in [6, 6.07) is 53.3. The maximum absolute atomic E-state index is 2.50. The Bertz CT molecular complexity index is 2720. The van der Waals surface area contributed by atoms with Crippen LogP contribution in [-0.2, 0) is 0 Å². The maximum atomic E-state index is 2.50. The van der Waals surface area contributed by atoms with Gasteiger partial charge >= 0.3 is 0 Å². The Morgan fingerprint density at radius 1 is 0.349 bits per heavy atom. The van der Waals surface area contributed by atoms with Gasteiger partial charge in [-0.3, -0.25) is 0 Å². The fourth-order valence-corrected chi connectivity index (χ4v) is 8.50. The van der Waals surface area contributed by atoms with E-state index in [1.54, 1.807) is 0 Å². The van der Waals surface area contributed by atoms with Gasteiger partial charge in [0.15, 0.2) is 0 Å². The van der Waals surface area contributed by atoms with E-state index in [0.29, 0.717) is 0 Å². The Morgan fingerprint density at radius 3 is 1.49 bits per heavy atom. The number of hydrogen-bond donors (Lipinski definition) is 0. The van der Waals surface area contributed by atoms with Gasteiger partial charge in [-0.15, -0.1) is 11.3 Å². The van der Waals surface area contributed by atoms with Crippen LogP contribution in [0.2, 0.25) is 0 Å². The van der Waals surface area contributed by atoms with E-state index < -0.39 is 0 Å². The van der Waals surface area contributed by atoms with Crippen LogP contribution in [0.3, 0.4) is 0 Å². The fraction of sp³-hybridized carbons (Fsp3) is 0. The average molecular weight is 565 g/mol. The summed E-state index contributed by atoms with van der Waals surface area (Å²) in [6.07, 6.45) is 0. The lowest BCUT2D eigenvalue weighted by molar-refractivity contribution is 1.18. The van der Waals surface area contributed by atoms with Crippen molar-refractivity contribution in [1.82, 2.24) is 9.13 Å². The highest BCUT2D eigenvalue weighted by molar-refractivity contribution is 7.25. The molecular formula is C40H24N2S. The quantitative estimate of drug-likeness (QED) is 0.198. The summed E-state index contributed by atoms with van der Waals surface area (Å²) in [6.45, 7) is 0. The number of fused-ring (bicyclic) bond motifs is 13. The molecule has 0 bridgehead atoms. The molecule has 200 valence electrons. The summed E-state index contributed by atoms with van der Waals surface area (Å²) in [7, 11) is 0. The van der Waals surface area contributed by atoms with Gasteiger partial charge in [-0.05, 0) is 42.5 Å². The highest BCUT2D eigenvalue weighted by atomic mass is 32.1. The molecule has 10 aromatic rings. The summed E-state index contributed by atoms with van der Waals surface area (Å²) in [5.74, 6) is 0. The Morgan fingerprint density at radius 2 is 0.837 bits per heavy atom. The van der Waals surface area contributed by atoms with E-state index in [1.165, 1.54) is 85.9 Å². The lowest BCUT2D eigenvalue weighted by Gasteiger charge is -2.13. The first-order valence-corrected chi connectivity index (χ1v) is 15.5. The van der Waals surface area contributed by atoms with Crippen LogP contribution < -0.4 is 0 Å². The summed E-state index contributed by atoms with van der Waals surface area (Å²) in [4.78, 5) is 0. The molecule has 7 aromatic carbocycles. The largest absolute Gasteiger partial charge is 0.309 e. The lowest BCUT2D eigenvalue weighted by Crippen LogP contribution is -1.96. The van der Waals surface area contributed by atoms with E-state index in [4.69, 9.17) is 0 Å². The van der Waals surface area contributed by atoms with Crippen LogP contribution in [0.25, 0.3) is 85.9 Å². The van der Waals surface area contributed by atoms with Crippen LogP contribution in [-0.4, -0.2) is 9.13 Å². The molecule has 0 saturated carbocycles. The normalized spacial score (nSPS) is 12.2. The van der Waals surface area contributed by atoms with Gasteiger partial charge in [0.25, 0.3) is 0 Å². The van der Waals surface area contributed by atoms with Gasteiger partial charge in [-0.25, -0.2) is 0 Å². The molecule has 3 heterocycles. The van der Waals surface area contributed by atoms with Crippen LogP contribution in [0.15, 0.2) is 146 Å². The second kappa shape index (κ2) is 8.57. The molecule has 0 aliphatic rings.